The minimum absolute atomic E-state index is 0.0129. The molecule has 1 aliphatic carbocycles. The van der Waals surface area contributed by atoms with Crippen LogP contribution in [0.5, 0.6) is 0 Å². The summed E-state index contributed by atoms with van der Waals surface area (Å²) in [5.41, 5.74) is -0.138. The van der Waals surface area contributed by atoms with E-state index in [2.05, 4.69) is 15.3 Å². The quantitative estimate of drug-likeness (QED) is 0.509. The van der Waals surface area contributed by atoms with Crippen molar-refractivity contribution in [2.24, 2.45) is 5.92 Å². The average Bonchev–Trinajstić information content (AvgIpc) is 2.13. The molecule has 2 rings (SSSR count). The van der Waals surface area contributed by atoms with Crippen LogP contribution in [0.1, 0.15) is 26.2 Å². The van der Waals surface area contributed by atoms with E-state index >= 15 is 0 Å². The number of hydrogen-bond donors (Lipinski definition) is 1. The van der Waals surface area contributed by atoms with Gasteiger partial charge in [-0.25, -0.2) is 4.98 Å². The van der Waals surface area contributed by atoms with Gasteiger partial charge in [0.05, 0.1) is 4.92 Å². The van der Waals surface area contributed by atoms with E-state index in [1.165, 1.54) is 6.42 Å². The van der Waals surface area contributed by atoms with Gasteiger partial charge in [-0.3, -0.25) is 10.1 Å². The molecule has 0 saturated heterocycles. The van der Waals surface area contributed by atoms with Gasteiger partial charge in [-0.2, -0.15) is 4.98 Å². The molecule has 1 saturated carbocycles. The second-order valence-electron chi connectivity index (χ2n) is 4.25. The summed E-state index contributed by atoms with van der Waals surface area (Å²) in [4.78, 5) is 17.8. The highest BCUT2D eigenvalue weighted by molar-refractivity contribution is 6.28. The zero-order chi connectivity index (χ0) is 12.4. The normalized spacial score (nSPS) is 17.3. The zero-order valence-electron chi connectivity index (χ0n) is 9.39. The maximum Gasteiger partial charge on any atom is 0.329 e. The predicted molar refractivity (Wildman–Crippen MR) is 64.1 cm³/mol. The first kappa shape index (κ1) is 12.0. The third-order valence-electron chi connectivity index (χ3n) is 3.16. The fraction of sp³-hybridized carbons (Fsp3) is 0.600. The standard InChI is InChI=1S/C10H13ClN4O2/c1-6(7-3-2-4-7)13-9-8(15(16)17)5-12-10(11)14-9/h5-7H,2-4H2,1H3,(H,12,13,14). The maximum absolute atomic E-state index is 10.8. The molecule has 0 aliphatic heterocycles. The molecule has 0 aromatic carbocycles. The summed E-state index contributed by atoms with van der Waals surface area (Å²) < 4.78 is 0. The van der Waals surface area contributed by atoms with E-state index < -0.39 is 4.92 Å². The SMILES string of the molecule is CC(Nc1nc(Cl)ncc1[N+](=O)[O-])C1CCC1. The average molecular weight is 257 g/mol. The molecule has 0 bridgehead atoms. The van der Waals surface area contributed by atoms with Crippen molar-refractivity contribution in [1.82, 2.24) is 9.97 Å². The molecule has 1 heterocycles. The number of halogens is 1. The number of anilines is 1. The first-order valence-electron chi connectivity index (χ1n) is 5.51. The minimum atomic E-state index is -0.508. The van der Waals surface area contributed by atoms with Gasteiger partial charge in [-0.1, -0.05) is 6.42 Å². The maximum atomic E-state index is 10.8. The third kappa shape index (κ3) is 2.63. The van der Waals surface area contributed by atoms with Crippen LogP contribution in [0.3, 0.4) is 0 Å². The van der Waals surface area contributed by atoms with Gasteiger partial charge in [0, 0.05) is 6.04 Å². The Morgan fingerprint density at radius 1 is 1.65 bits per heavy atom. The van der Waals surface area contributed by atoms with Gasteiger partial charge in [0.1, 0.15) is 6.20 Å². The number of nitrogens with zero attached hydrogens (tertiary/aromatic N) is 3. The highest BCUT2D eigenvalue weighted by Gasteiger charge is 2.26. The van der Waals surface area contributed by atoms with Gasteiger partial charge in [0.25, 0.3) is 0 Å². The van der Waals surface area contributed by atoms with Gasteiger partial charge >= 0.3 is 5.69 Å². The van der Waals surface area contributed by atoms with Crippen LogP contribution in [0.25, 0.3) is 0 Å². The van der Waals surface area contributed by atoms with Crippen molar-refractivity contribution in [1.29, 1.82) is 0 Å². The number of aromatic nitrogens is 2. The summed E-state index contributed by atoms with van der Waals surface area (Å²) >= 11 is 5.65. The van der Waals surface area contributed by atoms with Crippen molar-refractivity contribution >= 4 is 23.1 Å². The molecule has 1 unspecified atom stereocenters. The second kappa shape index (κ2) is 4.83. The lowest BCUT2D eigenvalue weighted by Crippen LogP contribution is -2.31. The number of nitrogens with one attached hydrogen (secondary N) is 1. The summed E-state index contributed by atoms with van der Waals surface area (Å²) in [5, 5.41) is 13.9. The van der Waals surface area contributed by atoms with Crippen LogP contribution in [0, 0.1) is 16.0 Å². The van der Waals surface area contributed by atoms with Crippen molar-refractivity contribution in [3.05, 3.63) is 21.6 Å². The molecular weight excluding hydrogens is 244 g/mol. The Morgan fingerprint density at radius 3 is 2.88 bits per heavy atom. The number of nitro groups is 1. The Morgan fingerprint density at radius 2 is 2.35 bits per heavy atom. The van der Waals surface area contributed by atoms with Gasteiger partial charge in [-0.15, -0.1) is 0 Å². The van der Waals surface area contributed by atoms with Crippen molar-refractivity contribution in [2.75, 3.05) is 5.32 Å². The smallest absolute Gasteiger partial charge is 0.329 e. The molecule has 1 aromatic heterocycles. The molecule has 1 aromatic rings. The lowest BCUT2D eigenvalue weighted by atomic mass is 9.80. The van der Waals surface area contributed by atoms with Crippen molar-refractivity contribution < 1.29 is 4.92 Å². The Kier molecular flexibility index (Phi) is 3.42. The summed E-state index contributed by atoms with van der Waals surface area (Å²) in [6.45, 7) is 2.00. The van der Waals surface area contributed by atoms with Crippen LogP contribution in [0.15, 0.2) is 6.20 Å². The molecule has 17 heavy (non-hydrogen) atoms. The molecule has 1 fully saturated rings. The monoisotopic (exact) mass is 256 g/mol. The van der Waals surface area contributed by atoms with E-state index in [4.69, 9.17) is 11.6 Å². The summed E-state index contributed by atoms with van der Waals surface area (Å²) in [6, 6.07) is 0.161. The molecule has 7 heteroatoms. The second-order valence-corrected chi connectivity index (χ2v) is 4.59. The largest absolute Gasteiger partial charge is 0.361 e. The topological polar surface area (TPSA) is 81.0 Å². The van der Waals surface area contributed by atoms with Crippen LogP contribution in [0.2, 0.25) is 5.28 Å². The number of rotatable bonds is 4. The van der Waals surface area contributed by atoms with E-state index in [1.807, 2.05) is 6.92 Å². The molecule has 92 valence electrons. The van der Waals surface area contributed by atoms with Crippen molar-refractivity contribution in [3.63, 3.8) is 0 Å². The zero-order valence-corrected chi connectivity index (χ0v) is 10.1. The van der Waals surface area contributed by atoms with Crippen LogP contribution in [-0.4, -0.2) is 20.9 Å². The summed E-state index contributed by atoms with van der Waals surface area (Å²) in [7, 11) is 0. The van der Waals surface area contributed by atoms with Gasteiger partial charge < -0.3 is 5.32 Å². The van der Waals surface area contributed by atoms with Gasteiger partial charge in [-0.05, 0) is 37.3 Å². The number of hydrogen-bond acceptors (Lipinski definition) is 5. The summed E-state index contributed by atoms with van der Waals surface area (Å²) in [6.07, 6.45) is 4.66. The van der Waals surface area contributed by atoms with Crippen LogP contribution >= 0.6 is 11.6 Å². The van der Waals surface area contributed by atoms with Gasteiger partial charge in [0.2, 0.25) is 11.1 Å². The Hall–Kier alpha value is -1.43. The van der Waals surface area contributed by atoms with Crippen LogP contribution < -0.4 is 5.32 Å². The molecule has 6 nitrogen and oxygen atoms in total. The molecule has 1 N–H and O–H groups in total. The minimum Gasteiger partial charge on any atom is -0.361 e. The molecule has 1 atom stereocenters. The van der Waals surface area contributed by atoms with Gasteiger partial charge in [0.15, 0.2) is 0 Å². The van der Waals surface area contributed by atoms with Crippen LogP contribution in [-0.2, 0) is 0 Å². The first-order valence-corrected chi connectivity index (χ1v) is 5.89. The Labute approximate surface area is 104 Å². The Bertz CT molecular complexity index is 436. The molecule has 0 amide bonds. The van der Waals surface area contributed by atoms with E-state index in [1.54, 1.807) is 0 Å². The Balaban J connectivity index is 2.17. The van der Waals surface area contributed by atoms with E-state index in [-0.39, 0.29) is 22.8 Å². The fourth-order valence-corrected chi connectivity index (χ4v) is 2.00. The molecule has 0 spiro atoms. The lowest BCUT2D eigenvalue weighted by Gasteiger charge is -2.31. The lowest BCUT2D eigenvalue weighted by molar-refractivity contribution is -0.384. The molecule has 0 radical (unpaired) electrons. The summed E-state index contributed by atoms with van der Waals surface area (Å²) in [5.74, 6) is 0.762. The fourth-order valence-electron chi connectivity index (χ4n) is 1.87. The molecule has 1 aliphatic rings. The van der Waals surface area contributed by atoms with E-state index in [0.717, 1.165) is 19.0 Å². The third-order valence-corrected chi connectivity index (χ3v) is 3.34. The predicted octanol–water partition coefficient (Wildman–Crippen LogP) is 2.64. The molecular formula is C10H13ClN4O2. The van der Waals surface area contributed by atoms with Crippen molar-refractivity contribution in [2.45, 2.75) is 32.2 Å². The van der Waals surface area contributed by atoms with Crippen molar-refractivity contribution in [3.8, 4) is 0 Å². The highest BCUT2D eigenvalue weighted by atomic mass is 35.5. The highest BCUT2D eigenvalue weighted by Crippen LogP contribution is 2.32. The first-order chi connectivity index (χ1) is 8.08. The van der Waals surface area contributed by atoms with E-state index in [0.29, 0.717) is 5.92 Å². The van der Waals surface area contributed by atoms with Crippen LogP contribution in [0.4, 0.5) is 11.5 Å². The van der Waals surface area contributed by atoms with E-state index in [9.17, 15) is 10.1 Å².